The topological polar surface area (TPSA) is 104 Å². The molecule has 3 aliphatic rings. The number of aryl methyl sites for hydroxylation is 2. The van der Waals surface area contributed by atoms with Crippen LogP contribution in [0, 0.1) is 11.8 Å². The van der Waals surface area contributed by atoms with Crippen molar-refractivity contribution in [1.82, 2.24) is 19.0 Å². The summed E-state index contributed by atoms with van der Waals surface area (Å²) in [6.07, 6.45) is 9.08. The Hall–Kier alpha value is -3.36. The fraction of sp³-hybridized carbons (Fsp3) is 0.515. The van der Waals surface area contributed by atoms with Crippen molar-refractivity contribution in [2.45, 2.75) is 70.0 Å². The zero-order chi connectivity index (χ0) is 28.2. The minimum absolute atomic E-state index is 0.0298. The molecule has 41 heavy (non-hydrogen) atoms. The van der Waals surface area contributed by atoms with Crippen molar-refractivity contribution < 1.29 is 9.53 Å². The third-order valence-corrected chi connectivity index (χ3v) is 9.84. The summed E-state index contributed by atoms with van der Waals surface area (Å²) in [7, 11) is 3.73. The number of hydrogen-bond donors (Lipinski definition) is 2. The van der Waals surface area contributed by atoms with E-state index in [4.69, 9.17) is 21.2 Å². The molecule has 3 heterocycles. The van der Waals surface area contributed by atoms with Crippen LogP contribution in [0.1, 0.15) is 60.9 Å². The van der Waals surface area contributed by atoms with Gasteiger partial charge >= 0.3 is 0 Å². The molecule has 0 unspecified atom stereocenters. The number of hydrogen-bond acceptors (Lipinski definition) is 5. The molecule has 4 N–H and O–H groups in total. The molecular weight excluding hydrogens is 512 g/mol. The molecule has 4 aromatic rings. The second-order valence-corrected chi connectivity index (χ2v) is 12.5. The second-order valence-electron chi connectivity index (χ2n) is 12.5. The van der Waals surface area contributed by atoms with Crippen LogP contribution >= 0.6 is 0 Å². The van der Waals surface area contributed by atoms with Gasteiger partial charge in [-0.25, -0.2) is 4.98 Å². The number of carbonyl (C=O) groups is 1. The maximum atomic E-state index is 13.7. The van der Waals surface area contributed by atoms with E-state index in [1.165, 1.54) is 29.3 Å². The summed E-state index contributed by atoms with van der Waals surface area (Å²) >= 11 is 0. The molecule has 216 valence electrons. The van der Waals surface area contributed by atoms with Crippen molar-refractivity contribution in [3.8, 4) is 17.3 Å². The molecule has 3 atom stereocenters. The van der Waals surface area contributed by atoms with Gasteiger partial charge in [0.25, 0.3) is 5.91 Å². The lowest BCUT2D eigenvalue weighted by atomic mass is 10.0. The van der Waals surface area contributed by atoms with Crippen LogP contribution in [-0.4, -0.2) is 57.2 Å². The highest BCUT2D eigenvalue weighted by Crippen LogP contribution is 2.40. The molecule has 2 aromatic heterocycles. The number of piperidine rings is 1. The number of rotatable bonds is 10. The Kier molecular flexibility index (Phi) is 6.78. The predicted molar refractivity (Wildman–Crippen MR) is 163 cm³/mol. The fourth-order valence-electron chi connectivity index (χ4n) is 7.44. The molecule has 2 bridgehead atoms. The third kappa shape index (κ3) is 4.52. The SMILES string of the molecule is COc1cc(C(=O)N2C[C@H]3CC[C@@H]2[C@@H]3N)cc2nc(-c3cc4cccc(CCCCCN)c4n3CC3CC3)n(C)c12. The van der Waals surface area contributed by atoms with Gasteiger partial charge in [-0.2, -0.15) is 0 Å². The summed E-state index contributed by atoms with van der Waals surface area (Å²) in [6.45, 7) is 2.50. The Morgan fingerprint density at radius 3 is 2.63 bits per heavy atom. The molecule has 0 spiro atoms. The number of nitrogens with two attached hydrogens (primary N) is 2. The largest absolute Gasteiger partial charge is 0.494 e. The number of aromatic nitrogens is 3. The minimum Gasteiger partial charge on any atom is -0.494 e. The molecule has 3 fully saturated rings. The van der Waals surface area contributed by atoms with Crippen molar-refractivity contribution >= 4 is 27.8 Å². The van der Waals surface area contributed by atoms with Gasteiger partial charge in [-0.15, -0.1) is 0 Å². The second kappa shape index (κ2) is 10.5. The van der Waals surface area contributed by atoms with Crippen molar-refractivity contribution in [2.24, 2.45) is 30.4 Å². The highest BCUT2D eigenvalue weighted by atomic mass is 16.5. The first-order chi connectivity index (χ1) is 20.0. The Labute approximate surface area is 241 Å². The molecule has 2 saturated carbocycles. The van der Waals surface area contributed by atoms with Gasteiger partial charge in [0.1, 0.15) is 11.3 Å². The van der Waals surface area contributed by atoms with Crippen LogP contribution in [0.25, 0.3) is 33.5 Å². The van der Waals surface area contributed by atoms with E-state index < -0.39 is 0 Å². The summed E-state index contributed by atoms with van der Waals surface area (Å²) in [4.78, 5) is 20.8. The lowest BCUT2D eigenvalue weighted by Gasteiger charge is -2.27. The first-order valence-electron chi connectivity index (χ1n) is 15.4. The Morgan fingerprint density at radius 1 is 1.07 bits per heavy atom. The summed E-state index contributed by atoms with van der Waals surface area (Å²) < 4.78 is 10.5. The summed E-state index contributed by atoms with van der Waals surface area (Å²) in [5.41, 5.74) is 18.3. The number of amides is 1. The molecule has 2 aromatic carbocycles. The number of unbranched alkanes of at least 4 members (excludes halogenated alkanes) is 2. The molecule has 7 rings (SSSR count). The van der Waals surface area contributed by atoms with Gasteiger partial charge in [0.15, 0.2) is 5.82 Å². The summed E-state index contributed by atoms with van der Waals surface area (Å²) in [6, 6.07) is 13.0. The number of likely N-dealkylation sites (tertiary alicyclic amines) is 1. The number of fused-ring (bicyclic) bond motifs is 4. The molecule has 8 nitrogen and oxygen atoms in total. The normalized spacial score (nSPS) is 22.0. The molecule has 2 aliphatic carbocycles. The smallest absolute Gasteiger partial charge is 0.254 e. The number of benzene rings is 2. The molecule has 8 heteroatoms. The van der Waals surface area contributed by atoms with E-state index in [9.17, 15) is 4.79 Å². The number of carbonyl (C=O) groups excluding carboxylic acids is 1. The van der Waals surface area contributed by atoms with E-state index in [0.29, 0.717) is 23.1 Å². The maximum absolute atomic E-state index is 13.7. The molecule has 1 aliphatic heterocycles. The van der Waals surface area contributed by atoms with Crippen molar-refractivity contribution in [1.29, 1.82) is 0 Å². The van der Waals surface area contributed by atoms with Gasteiger partial charge < -0.3 is 30.2 Å². The van der Waals surface area contributed by atoms with Crippen molar-refractivity contribution in [2.75, 3.05) is 20.2 Å². The highest BCUT2D eigenvalue weighted by molar-refractivity contribution is 6.00. The first kappa shape index (κ1) is 26.5. The quantitative estimate of drug-likeness (QED) is 0.273. The van der Waals surface area contributed by atoms with Gasteiger partial charge in [-0.1, -0.05) is 24.6 Å². The van der Waals surface area contributed by atoms with E-state index in [-0.39, 0.29) is 18.0 Å². The van der Waals surface area contributed by atoms with Crippen LogP contribution in [0.2, 0.25) is 0 Å². The minimum atomic E-state index is 0.0298. The molecular formula is C33H42N6O2. The van der Waals surface area contributed by atoms with Gasteiger partial charge in [-0.3, -0.25) is 4.79 Å². The maximum Gasteiger partial charge on any atom is 0.254 e. The number of nitrogens with zero attached hydrogens (tertiary/aromatic N) is 4. The van der Waals surface area contributed by atoms with Gasteiger partial charge in [0.05, 0.1) is 23.8 Å². The molecule has 1 amide bonds. The number of ether oxygens (including phenoxy) is 1. The van der Waals surface area contributed by atoms with Gasteiger partial charge in [0, 0.05) is 43.2 Å². The van der Waals surface area contributed by atoms with Crippen LogP contribution in [0.4, 0.5) is 0 Å². The number of para-hydroxylation sites is 1. The first-order valence-corrected chi connectivity index (χ1v) is 15.4. The van der Waals surface area contributed by atoms with Gasteiger partial charge in [0.2, 0.25) is 0 Å². The highest BCUT2D eigenvalue weighted by Gasteiger charge is 2.47. The van der Waals surface area contributed by atoms with Crippen LogP contribution in [0.3, 0.4) is 0 Å². The number of methoxy groups -OCH3 is 1. The van der Waals surface area contributed by atoms with Crippen molar-refractivity contribution in [3.63, 3.8) is 0 Å². The Bertz CT molecular complexity index is 1620. The lowest BCUT2D eigenvalue weighted by molar-refractivity contribution is 0.0700. The fourth-order valence-corrected chi connectivity index (χ4v) is 7.44. The Morgan fingerprint density at radius 2 is 1.93 bits per heavy atom. The predicted octanol–water partition coefficient (Wildman–Crippen LogP) is 4.85. The van der Waals surface area contributed by atoms with Crippen LogP contribution in [0.5, 0.6) is 5.75 Å². The molecule has 1 saturated heterocycles. The summed E-state index contributed by atoms with van der Waals surface area (Å²) in [5.74, 6) is 2.73. The van der Waals surface area contributed by atoms with E-state index in [0.717, 1.165) is 80.7 Å². The van der Waals surface area contributed by atoms with E-state index in [1.54, 1.807) is 7.11 Å². The molecule has 0 radical (unpaired) electrons. The van der Waals surface area contributed by atoms with Crippen molar-refractivity contribution in [3.05, 3.63) is 47.5 Å². The van der Waals surface area contributed by atoms with Gasteiger partial charge in [-0.05, 0) is 87.1 Å². The van der Waals surface area contributed by atoms with Crippen LogP contribution in [0.15, 0.2) is 36.4 Å². The lowest BCUT2D eigenvalue weighted by Crippen LogP contribution is -2.41. The van der Waals surface area contributed by atoms with E-state index >= 15 is 0 Å². The van der Waals surface area contributed by atoms with Crippen LogP contribution < -0.4 is 16.2 Å². The zero-order valence-electron chi connectivity index (χ0n) is 24.3. The Balaban J connectivity index is 1.31. The van der Waals surface area contributed by atoms with E-state index in [1.807, 2.05) is 17.0 Å². The number of imidazole rings is 1. The average molecular weight is 555 g/mol. The summed E-state index contributed by atoms with van der Waals surface area (Å²) in [5, 5.41) is 1.26. The third-order valence-electron chi connectivity index (χ3n) is 9.84. The standard InChI is InChI=1S/C33H42N6O2/c1-37-31-25(15-24(17-28(31)41-2)33(40)39-19-23-12-13-26(39)29(23)35)36-32(37)27-16-22-9-6-8-21(7-4-3-5-14-34)30(22)38(27)18-20-10-11-20/h6,8-9,15-17,20,23,26,29H,3-5,7,10-14,18-19,34-35H2,1-2H3/t23-,26-,29-/m1/s1. The zero-order valence-corrected chi connectivity index (χ0v) is 24.3. The average Bonchev–Trinajstić information content (AvgIpc) is 3.37. The van der Waals surface area contributed by atoms with Crippen LogP contribution in [-0.2, 0) is 20.0 Å². The monoisotopic (exact) mass is 554 g/mol. The van der Waals surface area contributed by atoms with E-state index in [2.05, 4.69) is 40.4 Å².